The highest BCUT2D eigenvalue weighted by Crippen LogP contribution is 2.11. The third-order valence-electron chi connectivity index (χ3n) is 3.15. The zero-order valence-corrected chi connectivity index (χ0v) is 13.4. The number of halogens is 1. The number of esters is 1. The highest BCUT2D eigenvalue weighted by molar-refractivity contribution is 6.30. The molecule has 0 spiro atoms. The number of ether oxygens (including phenoxy) is 1. The van der Waals surface area contributed by atoms with Crippen molar-refractivity contribution in [3.63, 3.8) is 0 Å². The standard InChI is InChI=1S/C17H17ClN2O3/c1-23-16(21)13-5-7-15(8-6-13)20-17(22)19-10-9-12-3-2-4-14(18)11-12/h2-8,11H,9-10H2,1H3,(H2,19,20,22). The first-order chi connectivity index (χ1) is 11.1. The maximum absolute atomic E-state index is 11.8. The zero-order chi connectivity index (χ0) is 16.7. The van der Waals surface area contributed by atoms with Gasteiger partial charge >= 0.3 is 12.0 Å². The molecule has 0 heterocycles. The molecular weight excluding hydrogens is 316 g/mol. The molecule has 2 N–H and O–H groups in total. The minimum atomic E-state index is -0.414. The van der Waals surface area contributed by atoms with Crippen LogP contribution in [0.3, 0.4) is 0 Å². The molecule has 0 saturated heterocycles. The summed E-state index contributed by atoms with van der Waals surface area (Å²) in [7, 11) is 1.32. The smallest absolute Gasteiger partial charge is 0.337 e. The highest BCUT2D eigenvalue weighted by atomic mass is 35.5. The lowest BCUT2D eigenvalue weighted by Gasteiger charge is -2.08. The molecule has 0 saturated carbocycles. The van der Waals surface area contributed by atoms with Crippen LogP contribution < -0.4 is 10.6 Å². The van der Waals surface area contributed by atoms with Crippen molar-refractivity contribution in [1.82, 2.24) is 5.32 Å². The number of hydrogen-bond acceptors (Lipinski definition) is 3. The summed E-state index contributed by atoms with van der Waals surface area (Å²) in [5.41, 5.74) is 2.08. The topological polar surface area (TPSA) is 67.4 Å². The molecule has 0 atom stereocenters. The van der Waals surface area contributed by atoms with Gasteiger partial charge < -0.3 is 15.4 Å². The van der Waals surface area contributed by atoms with Crippen LogP contribution in [0.4, 0.5) is 10.5 Å². The van der Waals surface area contributed by atoms with E-state index in [9.17, 15) is 9.59 Å². The molecule has 0 radical (unpaired) electrons. The second-order valence-corrected chi connectivity index (χ2v) is 5.27. The van der Waals surface area contributed by atoms with Crippen LogP contribution in [-0.2, 0) is 11.2 Å². The van der Waals surface area contributed by atoms with Gasteiger partial charge in [0.2, 0.25) is 0 Å². The van der Waals surface area contributed by atoms with Crippen LogP contribution in [0, 0.1) is 0 Å². The molecule has 6 heteroatoms. The molecule has 0 fully saturated rings. The highest BCUT2D eigenvalue weighted by Gasteiger charge is 2.06. The van der Waals surface area contributed by atoms with Gasteiger partial charge in [0, 0.05) is 17.3 Å². The molecule has 2 rings (SSSR count). The Hall–Kier alpha value is -2.53. The van der Waals surface area contributed by atoms with Gasteiger partial charge in [0.25, 0.3) is 0 Å². The summed E-state index contributed by atoms with van der Waals surface area (Å²) in [5.74, 6) is -0.414. The second kappa shape index (κ2) is 8.19. The van der Waals surface area contributed by atoms with E-state index in [0.717, 1.165) is 5.56 Å². The van der Waals surface area contributed by atoms with Gasteiger partial charge in [-0.15, -0.1) is 0 Å². The van der Waals surface area contributed by atoms with Crippen molar-refractivity contribution in [1.29, 1.82) is 0 Å². The lowest BCUT2D eigenvalue weighted by atomic mass is 10.1. The fourth-order valence-electron chi connectivity index (χ4n) is 2.00. The van der Waals surface area contributed by atoms with E-state index in [1.165, 1.54) is 7.11 Å². The number of anilines is 1. The summed E-state index contributed by atoms with van der Waals surface area (Å²) in [6.45, 7) is 0.492. The molecule has 0 unspecified atom stereocenters. The molecule has 0 aliphatic rings. The van der Waals surface area contributed by atoms with Crippen molar-refractivity contribution in [2.24, 2.45) is 0 Å². The molecule has 23 heavy (non-hydrogen) atoms. The Morgan fingerprint density at radius 2 is 1.87 bits per heavy atom. The predicted molar refractivity (Wildman–Crippen MR) is 90.0 cm³/mol. The molecule has 0 aliphatic carbocycles. The molecule has 120 valence electrons. The summed E-state index contributed by atoms with van der Waals surface area (Å²) in [4.78, 5) is 23.1. The molecule has 2 aromatic rings. The number of nitrogens with one attached hydrogen (secondary N) is 2. The Bertz CT molecular complexity index is 686. The number of carbonyl (C=O) groups excluding carboxylic acids is 2. The first-order valence-corrected chi connectivity index (χ1v) is 7.44. The Morgan fingerprint density at radius 1 is 1.13 bits per heavy atom. The van der Waals surface area contributed by atoms with Crippen molar-refractivity contribution in [2.75, 3.05) is 19.0 Å². The van der Waals surface area contributed by atoms with Gasteiger partial charge in [0.05, 0.1) is 12.7 Å². The van der Waals surface area contributed by atoms with Gasteiger partial charge in [-0.1, -0.05) is 23.7 Å². The number of hydrogen-bond donors (Lipinski definition) is 2. The number of rotatable bonds is 5. The Balaban J connectivity index is 1.79. The number of amides is 2. The molecule has 5 nitrogen and oxygen atoms in total. The van der Waals surface area contributed by atoms with Crippen molar-refractivity contribution in [3.05, 3.63) is 64.7 Å². The van der Waals surface area contributed by atoms with Crippen LogP contribution >= 0.6 is 11.6 Å². The fourth-order valence-corrected chi connectivity index (χ4v) is 2.21. The third-order valence-corrected chi connectivity index (χ3v) is 3.39. The predicted octanol–water partition coefficient (Wildman–Crippen LogP) is 3.49. The van der Waals surface area contributed by atoms with Gasteiger partial charge in [0.15, 0.2) is 0 Å². The molecule has 0 aromatic heterocycles. The van der Waals surface area contributed by atoms with Gasteiger partial charge in [-0.2, -0.15) is 0 Å². The van der Waals surface area contributed by atoms with E-state index in [1.807, 2.05) is 24.3 Å². The summed E-state index contributed by atoms with van der Waals surface area (Å²) < 4.78 is 4.61. The molecule has 0 aliphatic heterocycles. The van der Waals surface area contributed by atoms with E-state index in [2.05, 4.69) is 15.4 Å². The van der Waals surface area contributed by atoms with E-state index in [-0.39, 0.29) is 6.03 Å². The second-order valence-electron chi connectivity index (χ2n) is 4.83. The number of benzene rings is 2. The van der Waals surface area contributed by atoms with Crippen LogP contribution in [0.1, 0.15) is 15.9 Å². The van der Waals surface area contributed by atoms with E-state index in [1.54, 1.807) is 24.3 Å². The van der Waals surface area contributed by atoms with E-state index >= 15 is 0 Å². The van der Waals surface area contributed by atoms with Crippen molar-refractivity contribution in [3.8, 4) is 0 Å². The normalized spacial score (nSPS) is 10.0. The van der Waals surface area contributed by atoms with Crippen LogP contribution in [0.15, 0.2) is 48.5 Å². The van der Waals surface area contributed by atoms with Crippen LogP contribution in [-0.4, -0.2) is 25.7 Å². The largest absolute Gasteiger partial charge is 0.465 e. The molecular formula is C17H17ClN2O3. The average Bonchev–Trinajstić information content (AvgIpc) is 2.55. The minimum absolute atomic E-state index is 0.308. The van der Waals surface area contributed by atoms with Crippen LogP contribution in [0.25, 0.3) is 0 Å². The third kappa shape index (κ3) is 5.30. The van der Waals surface area contributed by atoms with Gasteiger partial charge in [-0.05, 0) is 48.4 Å². The summed E-state index contributed by atoms with van der Waals surface area (Å²) in [6, 6.07) is 13.7. The Morgan fingerprint density at radius 3 is 2.52 bits per heavy atom. The summed E-state index contributed by atoms with van der Waals surface area (Å²) >= 11 is 5.91. The van der Waals surface area contributed by atoms with Crippen molar-refractivity contribution < 1.29 is 14.3 Å². The van der Waals surface area contributed by atoms with E-state index < -0.39 is 5.97 Å². The molecule has 0 bridgehead atoms. The van der Waals surface area contributed by atoms with Crippen molar-refractivity contribution in [2.45, 2.75) is 6.42 Å². The number of urea groups is 1. The first-order valence-electron chi connectivity index (χ1n) is 7.06. The summed E-state index contributed by atoms with van der Waals surface area (Å²) in [6.07, 6.45) is 0.690. The molecule has 2 aromatic carbocycles. The Labute approximate surface area is 139 Å². The number of carbonyl (C=O) groups is 2. The SMILES string of the molecule is COC(=O)c1ccc(NC(=O)NCCc2cccc(Cl)c2)cc1. The van der Waals surface area contributed by atoms with Gasteiger partial charge in [-0.25, -0.2) is 9.59 Å². The summed E-state index contributed by atoms with van der Waals surface area (Å²) in [5, 5.41) is 6.14. The maximum Gasteiger partial charge on any atom is 0.337 e. The average molecular weight is 333 g/mol. The zero-order valence-electron chi connectivity index (χ0n) is 12.6. The lowest BCUT2D eigenvalue weighted by molar-refractivity contribution is 0.0601. The maximum atomic E-state index is 11.8. The van der Waals surface area contributed by atoms with E-state index in [0.29, 0.717) is 29.2 Å². The quantitative estimate of drug-likeness (QED) is 0.824. The molecule has 2 amide bonds. The van der Waals surface area contributed by atoms with Crippen molar-refractivity contribution >= 4 is 29.3 Å². The lowest BCUT2D eigenvalue weighted by Crippen LogP contribution is -2.30. The number of methoxy groups -OCH3 is 1. The monoisotopic (exact) mass is 332 g/mol. The van der Waals surface area contributed by atoms with Crippen LogP contribution in [0.2, 0.25) is 5.02 Å². The van der Waals surface area contributed by atoms with Gasteiger partial charge in [0.1, 0.15) is 0 Å². The minimum Gasteiger partial charge on any atom is -0.465 e. The van der Waals surface area contributed by atoms with Gasteiger partial charge in [-0.3, -0.25) is 0 Å². The van der Waals surface area contributed by atoms with E-state index in [4.69, 9.17) is 11.6 Å². The van der Waals surface area contributed by atoms with Crippen LogP contribution in [0.5, 0.6) is 0 Å². The fraction of sp³-hybridized carbons (Fsp3) is 0.176. The first kappa shape index (κ1) is 16.8. The Kier molecular flexibility index (Phi) is 6.00.